The number of nitrogens with one attached hydrogen (secondary N) is 2. The van der Waals surface area contributed by atoms with Gasteiger partial charge in [0, 0.05) is 22.6 Å². The van der Waals surface area contributed by atoms with E-state index in [0.717, 1.165) is 22.3 Å². The van der Waals surface area contributed by atoms with Gasteiger partial charge < -0.3 is 15.0 Å². The van der Waals surface area contributed by atoms with E-state index in [0.29, 0.717) is 12.2 Å². The fourth-order valence-corrected chi connectivity index (χ4v) is 2.19. The molecule has 0 aliphatic heterocycles. The van der Waals surface area contributed by atoms with Crippen molar-refractivity contribution in [3.63, 3.8) is 0 Å². The Morgan fingerprint density at radius 1 is 1.42 bits per heavy atom. The first kappa shape index (κ1) is 13.5. The topological polar surface area (TPSA) is 54.1 Å². The van der Waals surface area contributed by atoms with Crippen LogP contribution in [0, 0.1) is 6.92 Å². The van der Waals surface area contributed by atoms with E-state index in [2.05, 4.69) is 10.3 Å². The molecule has 19 heavy (non-hydrogen) atoms. The number of aromatic nitrogens is 1. The molecule has 0 fully saturated rings. The van der Waals surface area contributed by atoms with Gasteiger partial charge in [0.2, 0.25) is 0 Å². The lowest BCUT2D eigenvalue weighted by atomic mass is 10.1. The zero-order chi connectivity index (χ0) is 14.0. The highest BCUT2D eigenvalue weighted by atomic mass is 16.5. The van der Waals surface area contributed by atoms with E-state index in [9.17, 15) is 4.79 Å². The van der Waals surface area contributed by atoms with Gasteiger partial charge in [0.1, 0.15) is 5.75 Å². The number of carbonyl (C=O) groups excluding carboxylic acids is 1. The molecular weight excluding hydrogens is 240 g/mol. The van der Waals surface area contributed by atoms with Crippen LogP contribution in [-0.4, -0.2) is 23.5 Å². The van der Waals surface area contributed by atoms with Crippen LogP contribution in [0.3, 0.4) is 0 Å². The van der Waals surface area contributed by atoms with Crippen molar-refractivity contribution in [3.05, 3.63) is 29.5 Å². The normalized spacial score (nSPS) is 11.0. The monoisotopic (exact) mass is 260 g/mol. The number of H-pyrrole nitrogens is 1. The van der Waals surface area contributed by atoms with E-state index in [4.69, 9.17) is 4.74 Å². The first-order chi connectivity index (χ1) is 9.02. The molecule has 102 valence electrons. The lowest BCUT2D eigenvalue weighted by Crippen LogP contribution is -2.30. The SMILES string of the molecule is CCOc1ccc2[nH]c(C)c(C(=O)NC(C)C)c2c1. The third-order valence-electron chi connectivity index (χ3n) is 2.92. The molecule has 0 atom stereocenters. The van der Waals surface area contributed by atoms with Crippen LogP contribution < -0.4 is 10.1 Å². The second-order valence-corrected chi connectivity index (χ2v) is 4.89. The highest BCUT2D eigenvalue weighted by Gasteiger charge is 2.17. The molecule has 2 rings (SSSR count). The number of amides is 1. The molecule has 2 aromatic rings. The molecule has 0 aliphatic carbocycles. The number of rotatable bonds is 4. The second kappa shape index (κ2) is 5.34. The number of fused-ring (bicyclic) bond motifs is 1. The van der Waals surface area contributed by atoms with Crippen LogP contribution in [0.15, 0.2) is 18.2 Å². The molecule has 4 nitrogen and oxygen atoms in total. The van der Waals surface area contributed by atoms with E-state index in [1.807, 2.05) is 45.9 Å². The quantitative estimate of drug-likeness (QED) is 0.887. The fourth-order valence-electron chi connectivity index (χ4n) is 2.19. The van der Waals surface area contributed by atoms with Crippen LogP contribution in [0.2, 0.25) is 0 Å². The summed E-state index contributed by atoms with van der Waals surface area (Å²) in [7, 11) is 0. The summed E-state index contributed by atoms with van der Waals surface area (Å²) >= 11 is 0. The number of benzene rings is 1. The molecule has 0 unspecified atom stereocenters. The maximum absolute atomic E-state index is 12.2. The second-order valence-electron chi connectivity index (χ2n) is 4.89. The highest BCUT2D eigenvalue weighted by molar-refractivity contribution is 6.08. The number of hydrogen-bond acceptors (Lipinski definition) is 2. The van der Waals surface area contributed by atoms with E-state index >= 15 is 0 Å². The Hall–Kier alpha value is -1.97. The van der Waals surface area contributed by atoms with Gasteiger partial charge >= 0.3 is 0 Å². The fraction of sp³-hybridized carbons (Fsp3) is 0.400. The largest absolute Gasteiger partial charge is 0.494 e. The van der Waals surface area contributed by atoms with Gasteiger partial charge in [-0.25, -0.2) is 0 Å². The van der Waals surface area contributed by atoms with Crippen LogP contribution >= 0.6 is 0 Å². The van der Waals surface area contributed by atoms with Gasteiger partial charge in [-0.2, -0.15) is 0 Å². The van der Waals surface area contributed by atoms with Gasteiger partial charge in [0.05, 0.1) is 12.2 Å². The van der Waals surface area contributed by atoms with Crippen LogP contribution in [-0.2, 0) is 0 Å². The van der Waals surface area contributed by atoms with Gasteiger partial charge in [0.15, 0.2) is 0 Å². The highest BCUT2D eigenvalue weighted by Crippen LogP contribution is 2.26. The summed E-state index contributed by atoms with van der Waals surface area (Å²) in [5.41, 5.74) is 2.53. The average Bonchev–Trinajstić information content (AvgIpc) is 2.64. The van der Waals surface area contributed by atoms with Crippen molar-refractivity contribution in [1.29, 1.82) is 0 Å². The third-order valence-corrected chi connectivity index (χ3v) is 2.92. The smallest absolute Gasteiger partial charge is 0.253 e. The Labute approximate surface area is 113 Å². The Balaban J connectivity index is 2.49. The zero-order valence-corrected chi connectivity index (χ0v) is 11.8. The minimum Gasteiger partial charge on any atom is -0.494 e. The average molecular weight is 260 g/mol. The molecule has 1 amide bonds. The molecular formula is C15H20N2O2. The van der Waals surface area contributed by atoms with Gasteiger partial charge in [-0.1, -0.05) is 0 Å². The van der Waals surface area contributed by atoms with E-state index in [-0.39, 0.29) is 11.9 Å². The van der Waals surface area contributed by atoms with E-state index in [1.54, 1.807) is 0 Å². The Morgan fingerprint density at radius 3 is 2.79 bits per heavy atom. The molecule has 4 heteroatoms. The molecule has 0 aliphatic rings. The van der Waals surface area contributed by atoms with E-state index in [1.165, 1.54) is 0 Å². The Morgan fingerprint density at radius 2 is 2.16 bits per heavy atom. The number of hydrogen-bond donors (Lipinski definition) is 2. The molecule has 1 aromatic heterocycles. The standard InChI is InChI=1S/C15H20N2O2/c1-5-19-11-6-7-13-12(8-11)14(10(4)17-13)15(18)16-9(2)3/h6-9,17H,5H2,1-4H3,(H,16,18). The summed E-state index contributed by atoms with van der Waals surface area (Å²) in [6.45, 7) is 8.37. The molecule has 2 N–H and O–H groups in total. The predicted molar refractivity (Wildman–Crippen MR) is 76.8 cm³/mol. The first-order valence-corrected chi connectivity index (χ1v) is 6.59. The van der Waals surface area contributed by atoms with Crippen molar-refractivity contribution in [3.8, 4) is 5.75 Å². The minimum atomic E-state index is -0.0487. The summed E-state index contributed by atoms with van der Waals surface area (Å²) < 4.78 is 5.49. The summed E-state index contributed by atoms with van der Waals surface area (Å²) in [4.78, 5) is 15.5. The summed E-state index contributed by atoms with van der Waals surface area (Å²) in [6, 6.07) is 5.88. The van der Waals surface area contributed by atoms with Crippen molar-refractivity contribution in [2.75, 3.05) is 6.61 Å². The van der Waals surface area contributed by atoms with Crippen molar-refractivity contribution in [2.24, 2.45) is 0 Å². The maximum atomic E-state index is 12.2. The van der Waals surface area contributed by atoms with Crippen molar-refractivity contribution in [1.82, 2.24) is 10.3 Å². The van der Waals surface area contributed by atoms with Crippen LogP contribution in [0.1, 0.15) is 36.8 Å². The van der Waals surface area contributed by atoms with Crippen molar-refractivity contribution >= 4 is 16.8 Å². The lowest BCUT2D eigenvalue weighted by molar-refractivity contribution is 0.0944. The Bertz CT molecular complexity index is 599. The van der Waals surface area contributed by atoms with Crippen molar-refractivity contribution in [2.45, 2.75) is 33.7 Å². The predicted octanol–water partition coefficient (Wildman–Crippen LogP) is 3.01. The van der Waals surface area contributed by atoms with Gasteiger partial charge in [-0.15, -0.1) is 0 Å². The van der Waals surface area contributed by atoms with E-state index < -0.39 is 0 Å². The molecule has 0 spiro atoms. The first-order valence-electron chi connectivity index (χ1n) is 6.59. The molecule has 0 saturated carbocycles. The molecule has 0 saturated heterocycles. The lowest BCUT2D eigenvalue weighted by Gasteiger charge is -2.09. The number of carbonyl (C=O) groups is 1. The summed E-state index contributed by atoms with van der Waals surface area (Å²) in [5.74, 6) is 0.736. The van der Waals surface area contributed by atoms with Crippen LogP contribution in [0.4, 0.5) is 0 Å². The maximum Gasteiger partial charge on any atom is 0.253 e. The number of ether oxygens (including phenoxy) is 1. The molecule has 1 aromatic carbocycles. The Kier molecular flexibility index (Phi) is 3.79. The number of aryl methyl sites for hydroxylation is 1. The summed E-state index contributed by atoms with van der Waals surface area (Å²) in [6.07, 6.45) is 0. The molecule has 1 heterocycles. The van der Waals surface area contributed by atoms with Gasteiger partial charge in [0.25, 0.3) is 5.91 Å². The van der Waals surface area contributed by atoms with Crippen LogP contribution in [0.25, 0.3) is 10.9 Å². The molecule has 0 bridgehead atoms. The zero-order valence-electron chi connectivity index (χ0n) is 11.8. The van der Waals surface area contributed by atoms with Gasteiger partial charge in [-0.3, -0.25) is 4.79 Å². The summed E-state index contributed by atoms with van der Waals surface area (Å²) in [5, 5.41) is 3.83. The molecule has 0 radical (unpaired) electrons. The van der Waals surface area contributed by atoms with Crippen molar-refractivity contribution < 1.29 is 9.53 Å². The third kappa shape index (κ3) is 2.72. The van der Waals surface area contributed by atoms with Crippen LogP contribution in [0.5, 0.6) is 5.75 Å². The number of aromatic amines is 1. The minimum absolute atomic E-state index is 0.0487. The van der Waals surface area contributed by atoms with Gasteiger partial charge in [-0.05, 0) is 45.9 Å².